The average molecular weight is 174 g/mol. The van der Waals surface area contributed by atoms with Gasteiger partial charge in [-0.2, -0.15) is 0 Å². The quantitative estimate of drug-likeness (QED) is 0.546. The molecule has 0 aromatic heterocycles. The number of carbonyl (C=O) groups excluding carboxylic acids is 1. The highest BCUT2D eigenvalue weighted by Crippen LogP contribution is 1.79. The molecule has 0 aliphatic carbocycles. The fraction of sp³-hybridized carbons (Fsp3) is 0.875. The molecule has 4 heteroatoms. The summed E-state index contributed by atoms with van der Waals surface area (Å²) >= 11 is 0. The third-order valence-corrected chi connectivity index (χ3v) is 1.18. The van der Waals surface area contributed by atoms with Crippen LogP contribution in [0.15, 0.2) is 0 Å². The summed E-state index contributed by atoms with van der Waals surface area (Å²) in [7, 11) is 1.84. The van der Waals surface area contributed by atoms with E-state index >= 15 is 0 Å². The van der Waals surface area contributed by atoms with Crippen LogP contribution in [0, 0.1) is 0 Å². The van der Waals surface area contributed by atoms with Crippen LogP contribution in [0.5, 0.6) is 0 Å². The van der Waals surface area contributed by atoms with E-state index in [1.165, 1.54) is 0 Å². The monoisotopic (exact) mass is 174 g/mol. The number of likely N-dealkylation sites (N-methyl/N-ethyl adjacent to an activating group) is 1. The topological polar surface area (TPSA) is 50.4 Å². The molecule has 0 aliphatic heterocycles. The number of hydrogen-bond acceptors (Lipinski definition) is 3. The van der Waals surface area contributed by atoms with Crippen molar-refractivity contribution in [3.8, 4) is 0 Å². The Morgan fingerprint density at radius 3 is 2.67 bits per heavy atom. The SMILES string of the molecule is CNCCOCC(=O)NC(C)C. The molecule has 0 aromatic rings. The van der Waals surface area contributed by atoms with Crippen LogP contribution in [0.1, 0.15) is 13.8 Å². The third kappa shape index (κ3) is 7.50. The highest BCUT2D eigenvalue weighted by Gasteiger charge is 2.01. The molecule has 12 heavy (non-hydrogen) atoms. The molecule has 0 bridgehead atoms. The number of nitrogens with one attached hydrogen (secondary N) is 2. The van der Waals surface area contributed by atoms with Crippen LogP contribution >= 0.6 is 0 Å². The minimum absolute atomic E-state index is 0.0545. The Morgan fingerprint density at radius 2 is 2.17 bits per heavy atom. The fourth-order valence-corrected chi connectivity index (χ4v) is 0.703. The molecule has 0 heterocycles. The second-order valence-corrected chi connectivity index (χ2v) is 2.88. The van der Waals surface area contributed by atoms with Gasteiger partial charge in [-0.3, -0.25) is 4.79 Å². The summed E-state index contributed by atoms with van der Waals surface area (Å²) in [6, 6.07) is 0.186. The molecule has 4 nitrogen and oxygen atoms in total. The molecule has 0 radical (unpaired) electrons. The van der Waals surface area contributed by atoms with Gasteiger partial charge in [0.05, 0.1) is 6.61 Å². The van der Waals surface area contributed by atoms with Gasteiger partial charge in [-0.1, -0.05) is 0 Å². The standard InChI is InChI=1S/C8H18N2O2/c1-7(2)10-8(11)6-12-5-4-9-3/h7,9H,4-6H2,1-3H3,(H,10,11). The molecule has 0 saturated heterocycles. The first-order valence-electron chi connectivity index (χ1n) is 4.18. The Morgan fingerprint density at radius 1 is 1.50 bits per heavy atom. The van der Waals surface area contributed by atoms with Crippen LogP contribution < -0.4 is 10.6 Å². The molecule has 0 spiro atoms. The predicted octanol–water partition coefficient (Wildman–Crippen LogP) is -0.253. The van der Waals surface area contributed by atoms with E-state index in [0.29, 0.717) is 6.61 Å². The summed E-state index contributed by atoms with van der Waals surface area (Å²) in [6.07, 6.45) is 0. The van der Waals surface area contributed by atoms with Crippen LogP contribution in [-0.2, 0) is 9.53 Å². The van der Waals surface area contributed by atoms with Gasteiger partial charge in [-0.05, 0) is 20.9 Å². The number of ether oxygens (including phenoxy) is 1. The lowest BCUT2D eigenvalue weighted by atomic mass is 10.4. The maximum absolute atomic E-state index is 11.0. The molecule has 0 saturated carbocycles. The number of carbonyl (C=O) groups is 1. The first kappa shape index (κ1) is 11.4. The van der Waals surface area contributed by atoms with E-state index in [1.807, 2.05) is 20.9 Å². The maximum atomic E-state index is 11.0. The summed E-state index contributed by atoms with van der Waals surface area (Å²) in [4.78, 5) is 11.0. The Kier molecular flexibility index (Phi) is 6.70. The largest absolute Gasteiger partial charge is 0.370 e. The number of hydrogen-bond donors (Lipinski definition) is 2. The Labute approximate surface area is 73.7 Å². The zero-order chi connectivity index (χ0) is 9.40. The molecule has 1 amide bonds. The molecular formula is C8H18N2O2. The minimum Gasteiger partial charge on any atom is -0.370 e. The number of amides is 1. The van der Waals surface area contributed by atoms with Crippen LogP contribution in [0.4, 0.5) is 0 Å². The Bertz CT molecular complexity index is 126. The summed E-state index contributed by atoms with van der Waals surface area (Å²) < 4.78 is 5.06. The number of rotatable bonds is 6. The molecular weight excluding hydrogens is 156 g/mol. The van der Waals surface area contributed by atoms with E-state index in [4.69, 9.17) is 4.74 Å². The van der Waals surface area contributed by atoms with Crippen LogP contribution in [0.2, 0.25) is 0 Å². The van der Waals surface area contributed by atoms with Gasteiger partial charge in [0.15, 0.2) is 0 Å². The summed E-state index contributed by atoms with van der Waals surface area (Å²) in [5.41, 5.74) is 0. The average Bonchev–Trinajstić information content (AvgIpc) is 1.97. The lowest BCUT2D eigenvalue weighted by Crippen LogP contribution is -2.33. The van der Waals surface area contributed by atoms with Gasteiger partial charge in [0.2, 0.25) is 5.91 Å². The van der Waals surface area contributed by atoms with Gasteiger partial charge >= 0.3 is 0 Å². The van der Waals surface area contributed by atoms with Crippen LogP contribution in [-0.4, -0.2) is 38.8 Å². The fourth-order valence-electron chi connectivity index (χ4n) is 0.703. The first-order valence-corrected chi connectivity index (χ1v) is 4.18. The van der Waals surface area contributed by atoms with Crippen molar-refractivity contribution in [1.82, 2.24) is 10.6 Å². The van der Waals surface area contributed by atoms with E-state index in [2.05, 4.69) is 10.6 Å². The van der Waals surface area contributed by atoms with Crippen molar-refractivity contribution in [3.63, 3.8) is 0 Å². The highest BCUT2D eigenvalue weighted by molar-refractivity contribution is 5.77. The van der Waals surface area contributed by atoms with E-state index in [9.17, 15) is 4.79 Å². The molecule has 0 unspecified atom stereocenters. The maximum Gasteiger partial charge on any atom is 0.246 e. The zero-order valence-electron chi connectivity index (χ0n) is 8.02. The van der Waals surface area contributed by atoms with Gasteiger partial charge < -0.3 is 15.4 Å². The van der Waals surface area contributed by atoms with E-state index in [1.54, 1.807) is 0 Å². The van der Waals surface area contributed by atoms with Crippen molar-refractivity contribution >= 4 is 5.91 Å². The predicted molar refractivity (Wildman–Crippen MR) is 48.0 cm³/mol. The Balaban J connectivity index is 3.20. The molecule has 72 valence electrons. The second kappa shape index (κ2) is 7.06. The van der Waals surface area contributed by atoms with Gasteiger partial charge in [-0.25, -0.2) is 0 Å². The molecule has 0 atom stereocenters. The highest BCUT2D eigenvalue weighted by atomic mass is 16.5. The third-order valence-electron chi connectivity index (χ3n) is 1.18. The van der Waals surface area contributed by atoms with E-state index in [0.717, 1.165) is 6.54 Å². The molecule has 0 fully saturated rings. The van der Waals surface area contributed by atoms with Crippen molar-refractivity contribution in [1.29, 1.82) is 0 Å². The van der Waals surface area contributed by atoms with Crippen LogP contribution in [0.3, 0.4) is 0 Å². The smallest absolute Gasteiger partial charge is 0.246 e. The van der Waals surface area contributed by atoms with Gasteiger partial charge in [0, 0.05) is 12.6 Å². The van der Waals surface area contributed by atoms with Gasteiger partial charge in [0.25, 0.3) is 0 Å². The molecule has 0 aliphatic rings. The van der Waals surface area contributed by atoms with E-state index < -0.39 is 0 Å². The second-order valence-electron chi connectivity index (χ2n) is 2.88. The van der Waals surface area contributed by atoms with Gasteiger partial charge in [0.1, 0.15) is 6.61 Å². The van der Waals surface area contributed by atoms with E-state index in [-0.39, 0.29) is 18.6 Å². The normalized spacial score (nSPS) is 10.3. The van der Waals surface area contributed by atoms with Crippen molar-refractivity contribution < 1.29 is 9.53 Å². The minimum atomic E-state index is -0.0545. The molecule has 2 N–H and O–H groups in total. The Hall–Kier alpha value is -0.610. The van der Waals surface area contributed by atoms with Gasteiger partial charge in [-0.15, -0.1) is 0 Å². The molecule has 0 aromatic carbocycles. The van der Waals surface area contributed by atoms with Crippen molar-refractivity contribution in [2.45, 2.75) is 19.9 Å². The summed E-state index contributed by atoms with van der Waals surface area (Å²) in [5.74, 6) is -0.0545. The lowest BCUT2D eigenvalue weighted by Gasteiger charge is -2.08. The van der Waals surface area contributed by atoms with Crippen molar-refractivity contribution in [2.24, 2.45) is 0 Å². The van der Waals surface area contributed by atoms with Crippen molar-refractivity contribution in [3.05, 3.63) is 0 Å². The van der Waals surface area contributed by atoms with Crippen LogP contribution in [0.25, 0.3) is 0 Å². The summed E-state index contributed by atoms with van der Waals surface area (Å²) in [5, 5.41) is 5.66. The summed E-state index contributed by atoms with van der Waals surface area (Å²) in [6.45, 7) is 5.34. The van der Waals surface area contributed by atoms with Crippen molar-refractivity contribution in [2.75, 3.05) is 26.8 Å². The first-order chi connectivity index (χ1) is 5.66. The zero-order valence-corrected chi connectivity index (χ0v) is 8.02. The lowest BCUT2D eigenvalue weighted by molar-refractivity contribution is -0.126. The molecule has 0 rings (SSSR count).